The monoisotopic (exact) mass is 1450 g/mol. The van der Waals surface area contributed by atoms with Crippen LogP contribution in [0.15, 0.2) is 0 Å². The van der Waals surface area contributed by atoms with Gasteiger partial charge in [-0.1, -0.05) is 357 Å². The van der Waals surface area contributed by atoms with Gasteiger partial charge in [-0.05, 0) is 49.4 Å². The number of unbranched alkanes of at least 4 members (excludes halogenated alkanes) is 42. The van der Waals surface area contributed by atoms with Crippen LogP contribution in [0.2, 0.25) is 0 Å². The van der Waals surface area contributed by atoms with E-state index in [1.807, 2.05) is 0 Å². The second kappa shape index (κ2) is 69.1. The number of carbonyl (C=O) groups excluding carboxylic acids is 4. The molecule has 0 aromatic rings. The Morgan fingerprint density at radius 3 is 0.717 bits per heavy atom. The molecule has 6 atom stereocenters. The molecule has 0 saturated carbocycles. The average Bonchev–Trinajstić information content (AvgIpc) is 1.01. The molecular weight excluding hydrogens is 1290 g/mol. The van der Waals surface area contributed by atoms with Crippen LogP contribution in [0, 0.1) is 23.7 Å². The normalized spacial score (nSPS) is 14.3. The number of ether oxygens (including phenoxy) is 4. The maximum absolute atomic E-state index is 13.1. The van der Waals surface area contributed by atoms with E-state index in [2.05, 4.69) is 55.4 Å². The first-order valence-electron chi connectivity index (χ1n) is 41.2. The first-order valence-corrected chi connectivity index (χ1v) is 44.2. The maximum atomic E-state index is 13.1. The number of esters is 4. The van der Waals surface area contributed by atoms with E-state index in [-0.39, 0.29) is 25.7 Å². The summed E-state index contributed by atoms with van der Waals surface area (Å²) in [6.45, 7) is 14.2. The Bertz CT molecular complexity index is 1940. The van der Waals surface area contributed by atoms with Crippen molar-refractivity contribution in [1.82, 2.24) is 0 Å². The Labute approximate surface area is 607 Å². The SMILES string of the molecule is CCC(C)CCCCCCCCC(=O)OC[C@H](COP(=O)(O)OC[C@H](O)COP(=O)(O)OC[C@@H](COC(=O)CCCCCCCCCCCCCCC(C)C)OC(=O)CCCCCCCCCCCCC(C)C)OC(=O)CCCCCCCCCCCCCCCCCCCCC(C)C. The highest BCUT2D eigenvalue weighted by Crippen LogP contribution is 2.45. The molecule has 0 aliphatic rings. The zero-order valence-electron chi connectivity index (χ0n) is 65.1. The number of aliphatic hydroxyl groups is 1. The van der Waals surface area contributed by atoms with Crippen LogP contribution < -0.4 is 0 Å². The van der Waals surface area contributed by atoms with Crippen molar-refractivity contribution in [3.05, 3.63) is 0 Å². The van der Waals surface area contributed by atoms with Gasteiger partial charge in [0.05, 0.1) is 26.4 Å². The van der Waals surface area contributed by atoms with Crippen LogP contribution in [0.5, 0.6) is 0 Å². The minimum absolute atomic E-state index is 0.106. The molecule has 0 aliphatic heterocycles. The lowest BCUT2D eigenvalue weighted by atomic mass is 10.00. The number of phosphoric acid groups is 2. The van der Waals surface area contributed by atoms with Crippen LogP contribution in [0.4, 0.5) is 0 Å². The van der Waals surface area contributed by atoms with Gasteiger partial charge in [0.1, 0.15) is 19.3 Å². The van der Waals surface area contributed by atoms with Crippen molar-refractivity contribution in [2.24, 2.45) is 23.7 Å². The summed E-state index contributed by atoms with van der Waals surface area (Å²) >= 11 is 0. The van der Waals surface area contributed by atoms with Crippen molar-refractivity contribution in [3.8, 4) is 0 Å². The van der Waals surface area contributed by atoms with Crippen LogP contribution in [-0.4, -0.2) is 96.7 Å². The largest absolute Gasteiger partial charge is 0.472 e. The molecule has 0 heterocycles. The quantitative estimate of drug-likeness (QED) is 0.0222. The minimum Gasteiger partial charge on any atom is -0.462 e. The van der Waals surface area contributed by atoms with Crippen LogP contribution in [-0.2, 0) is 65.4 Å². The maximum Gasteiger partial charge on any atom is 0.472 e. The summed E-state index contributed by atoms with van der Waals surface area (Å²) in [7, 11) is -9.92. The van der Waals surface area contributed by atoms with Gasteiger partial charge >= 0.3 is 39.5 Å². The van der Waals surface area contributed by atoms with E-state index in [1.54, 1.807) is 0 Å². The van der Waals surface area contributed by atoms with Gasteiger partial charge in [-0.2, -0.15) is 0 Å². The molecule has 17 nitrogen and oxygen atoms in total. The molecule has 99 heavy (non-hydrogen) atoms. The molecule has 0 aromatic heterocycles. The molecule has 0 aromatic carbocycles. The summed E-state index contributed by atoms with van der Waals surface area (Å²) in [5.41, 5.74) is 0. The van der Waals surface area contributed by atoms with Crippen molar-refractivity contribution >= 4 is 39.5 Å². The Morgan fingerprint density at radius 2 is 0.485 bits per heavy atom. The molecule has 3 N–H and O–H groups in total. The third-order valence-electron chi connectivity index (χ3n) is 18.9. The van der Waals surface area contributed by atoms with Gasteiger partial charge < -0.3 is 33.8 Å². The van der Waals surface area contributed by atoms with E-state index < -0.39 is 97.5 Å². The zero-order valence-corrected chi connectivity index (χ0v) is 66.9. The Morgan fingerprint density at radius 1 is 0.283 bits per heavy atom. The van der Waals surface area contributed by atoms with E-state index in [4.69, 9.17) is 37.0 Å². The van der Waals surface area contributed by atoms with Gasteiger partial charge in [-0.3, -0.25) is 37.3 Å². The van der Waals surface area contributed by atoms with Crippen molar-refractivity contribution < 1.29 is 80.2 Å². The van der Waals surface area contributed by atoms with Crippen LogP contribution in [0.3, 0.4) is 0 Å². The lowest BCUT2D eigenvalue weighted by Gasteiger charge is -2.21. The summed E-state index contributed by atoms with van der Waals surface area (Å²) in [5, 5.41) is 10.6. The van der Waals surface area contributed by atoms with E-state index in [0.717, 1.165) is 120 Å². The van der Waals surface area contributed by atoms with Crippen LogP contribution in [0.25, 0.3) is 0 Å². The molecule has 0 spiro atoms. The summed E-state index contributed by atoms with van der Waals surface area (Å²) in [5.74, 6) is 0.968. The van der Waals surface area contributed by atoms with E-state index >= 15 is 0 Å². The number of rotatable bonds is 77. The zero-order chi connectivity index (χ0) is 73.1. The van der Waals surface area contributed by atoms with Crippen molar-refractivity contribution in [1.29, 1.82) is 0 Å². The number of hydrogen-bond acceptors (Lipinski definition) is 15. The molecule has 0 aliphatic carbocycles. The first-order chi connectivity index (χ1) is 47.6. The van der Waals surface area contributed by atoms with Gasteiger partial charge in [-0.25, -0.2) is 9.13 Å². The fourth-order valence-corrected chi connectivity index (χ4v) is 13.8. The van der Waals surface area contributed by atoms with Gasteiger partial charge in [-0.15, -0.1) is 0 Å². The van der Waals surface area contributed by atoms with Crippen LogP contribution in [0.1, 0.15) is 409 Å². The van der Waals surface area contributed by atoms with Crippen LogP contribution >= 0.6 is 15.6 Å². The van der Waals surface area contributed by atoms with E-state index in [0.29, 0.717) is 25.7 Å². The number of aliphatic hydroxyl groups excluding tert-OH is 1. The molecule has 3 unspecified atom stereocenters. The highest BCUT2D eigenvalue weighted by molar-refractivity contribution is 7.47. The third-order valence-corrected chi connectivity index (χ3v) is 20.8. The summed E-state index contributed by atoms with van der Waals surface area (Å²) in [4.78, 5) is 73.0. The molecule has 0 radical (unpaired) electrons. The van der Waals surface area contributed by atoms with Crippen molar-refractivity contribution in [2.75, 3.05) is 39.6 Å². The van der Waals surface area contributed by atoms with Crippen molar-refractivity contribution in [2.45, 2.75) is 427 Å². The van der Waals surface area contributed by atoms with Gasteiger partial charge in [0, 0.05) is 25.7 Å². The van der Waals surface area contributed by atoms with E-state index in [1.165, 1.54) is 205 Å². The molecule has 0 bridgehead atoms. The van der Waals surface area contributed by atoms with E-state index in [9.17, 15) is 43.2 Å². The lowest BCUT2D eigenvalue weighted by molar-refractivity contribution is -0.161. The fourth-order valence-electron chi connectivity index (χ4n) is 12.2. The molecular formula is C80H156O17P2. The lowest BCUT2D eigenvalue weighted by Crippen LogP contribution is -2.30. The predicted octanol–water partition coefficient (Wildman–Crippen LogP) is 23.6. The van der Waals surface area contributed by atoms with Gasteiger partial charge in [0.15, 0.2) is 12.2 Å². The molecule has 0 rings (SSSR count). The molecule has 0 amide bonds. The second-order valence-electron chi connectivity index (χ2n) is 30.5. The first kappa shape index (κ1) is 97.1. The number of hydrogen-bond donors (Lipinski definition) is 3. The molecule has 19 heteroatoms. The summed E-state index contributed by atoms with van der Waals surface area (Å²) in [6, 6.07) is 0. The highest BCUT2D eigenvalue weighted by Gasteiger charge is 2.30. The Balaban J connectivity index is 5.20. The smallest absolute Gasteiger partial charge is 0.462 e. The predicted molar refractivity (Wildman–Crippen MR) is 404 cm³/mol. The highest BCUT2D eigenvalue weighted by atomic mass is 31.2. The standard InChI is InChI=1S/C80H156O17P2/c1-9-73(8)59-51-43-38-39-45-53-61-78(83)91-67-76(97-79(84)62-54-46-36-30-23-17-15-13-11-10-12-14-16-20-26-32-40-48-56-70(2)3)69-95-99(88,89)93-65-74(81)64-92-98(86,87)94-68-75(96-80(85)63-55-47-37-31-25-24-28-34-42-50-58-72(6)7)66-90-77(82)60-52-44-35-29-22-19-18-21-27-33-41-49-57-71(4)5/h70-76,81H,9-69H2,1-8H3,(H,86,87)(H,88,89)/t73?,74-,75-,76-/m1/s1. The molecule has 0 saturated heterocycles. The Hall–Kier alpha value is -1.94. The molecule has 0 fully saturated rings. The van der Waals surface area contributed by atoms with Crippen molar-refractivity contribution in [3.63, 3.8) is 0 Å². The fraction of sp³-hybridized carbons (Fsp3) is 0.950. The summed E-state index contributed by atoms with van der Waals surface area (Å²) < 4.78 is 68.7. The van der Waals surface area contributed by atoms with Gasteiger partial charge in [0.2, 0.25) is 0 Å². The Kier molecular flexibility index (Phi) is 67.8. The average molecular weight is 1450 g/mol. The third kappa shape index (κ3) is 72.8. The topological polar surface area (TPSA) is 237 Å². The number of carbonyl (C=O) groups is 4. The van der Waals surface area contributed by atoms with Gasteiger partial charge in [0.25, 0.3) is 0 Å². The minimum atomic E-state index is -4.96. The second-order valence-corrected chi connectivity index (χ2v) is 33.4. The summed E-state index contributed by atoms with van der Waals surface area (Å²) in [6.07, 6.45) is 55.6. The molecule has 588 valence electrons. The number of phosphoric ester groups is 2.